The lowest BCUT2D eigenvalue weighted by Crippen LogP contribution is -2.45. The molecular formula is C21H24N4O4. The van der Waals surface area contributed by atoms with Gasteiger partial charge < -0.3 is 24.3 Å². The van der Waals surface area contributed by atoms with Crippen LogP contribution in [0.4, 0.5) is 0 Å². The van der Waals surface area contributed by atoms with Crippen LogP contribution in [-0.4, -0.2) is 44.1 Å². The summed E-state index contributed by atoms with van der Waals surface area (Å²) >= 11 is 0. The molecule has 3 aromatic heterocycles. The van der Waals surface area contributed by atoms with Gasteiger partial charge in [0.25, 0.3) is 11.8 Å². The smallest absolute Gasteiger partial charge is 0.271 e. The van der Waals surface area contributed by atoms with E-state index in [0.717, 1.165) is 19.3 Å². The van der Waals surface area contributed by atoms with Gasteiger partial charge >= 0.3 is 0 Å². The molecule has 29 heavy (non-hydrogen) atoms. The van der Waals surface area contributed by atoms with Gasteiger partial charge in [-0.1, -0.05) is 12.8 Å². The zero-order valence-corrected chi connectivity index (χ0v) is 16.2. The maximum Gasteiger partial charge on any atom is 0.271 e. The Labute approximate surface area is 168 Å². The van der Waals surface area contributed by atoms with E-state index in [4.69, 9.17) is 9.47 Å². The summed E-state index contributed by atoms with van der Waals surface area (Å²) in [5, 5.41) is 13.0. The molecule has 0 aromatic carbocycles. The predicted octanol–water partition coefficient (Wildman–Crippen LogP) is 2.95. The first kappa shape index (κ1) is 19.2. The molecule has 1 aliphatic rings. The second-order valence-corrected chi connectivity index (χ2v) is 7.03. The van der Waals surface area contributed by atoms with Gasteiger partial charge in [-0.3, -0.25) is 4.79 Å². The van der Waals surface area contributed by atoms with Crippen molar-refractivity contribution in [3.05, 3.63) is 48.5 Å². The van der Waals surface area contributed by atoms with Gasteiger partial charge in [0, 0.05) is 12.4 Å². The fourth-order valence-corrected chi connectivity index (χ4v) is 3.49. The highest BCUT2D eigenvalue weighted by Crippen LogP contribution is 2.29. The van der Waals surface area contributed by atoms with Crippen molar-refractivity contribution in [3.8, 4) is 17.4 Å². The van der Waals surface area contributed by atoms with Gasteiger partial charge in [0.05, 0.1) is 24.9 Å². The second-order valence-electron chi connectivity index (χ2n) is 7.03. The fraction of sp³-hybridized carbons (Fsp3) is 0.381. The van der Waals surface area contributed by atoms with Gasteiger partial charge in [0.15, 0.2) is 5.75 Å². The van der Waals surface area contributed by atoms with Crippen molar-refractivity contribution in [2.45, 2.75) is 44.8 Å². The van der Waals surface area contributed by atoms with Crippen LogP contribution in [0, 0.1) is 0 Å². The standard InChI is InChI=1S/C21H24N4O4/c1-2-28-18-8-5-11-22-21(18)29-14-9-10-19-23-16(13-25(19)12-14)20(27)24-15-6-3-4-7-17(15)26/h5,8-13,15,17,26H,2-4,6-7H2,1H3,(H,24,27)/t15-,17+/m1/s1. The van der Waals surface area contributed by atoms with Gasteiger partial charge in [0.2, 0.25) is 0 Å². The number of aliphatic hydroxyl groups is 1. The molecule has 0 unspecified atom stereocenters. The molecular weight excluding hydrogens is 372 g/mol. The summed E-state index contributed by atoms with van der Waals surface area (Å²) in [6, 6.07) is 6.89. The zero-order valence-electron chi connectivity index (χ0n) is 16.2. The average Bonchev–Trinajstić information content (AvgIpc) is 3.15. The molecule has 0 spiro atoms. The lowest BCUT2D eigenvalue weighted by atomic mass is 9.92. The number of rotatable bonds is 6. The van der Waals surface area contributed by atoms with Crippen LogP contribution in [0.1, 0.15) is 43.1 Å². The Kier molecular flexibility index (Phi) is 5.62. The van der Waals surface area contributed by atoms with E-state index in [1.54, 1.807) is 47.3 Å². The molecule has 2 N–H and O–H groups in total. The quantitative estimate of drug-likeness (QED) is 0.665. The van der Waals surface area contributed by atoms with Crippen molar-refractivity contribution >= 4 is 11.6 Å². The minimum Gasteiger partial charge on any atom is -0.488 e. The largest absolute Gasteiger partial charge is 0.488 e. The number of hydrogen-bond acceptors (Lipinski definition) is 6. The number of hydrogen-bond donors (Lipinski definition) is 2. The minimum absolute atomic E-state index is 0.221. The van der Waals surface area contributed by atoms with Crippen LogP contribution in [0.25, 0.3) is 5.65 Å². The van der Waals surface area contributed by atoms with E-state index >= 15 is 0 Å². The van der Waals surface area contributed by atoms with Gasteiger partial charge in [-0.15, -0.1) is 0 Å². The van der Waals surface area contributed by atoms with Crippen molar-refractivity contribution < 1.29 is 19.4 Å². The zero-order chi connectivity index (χ0) is 20.2. The lowest BCUT2D eigenvalue weighted by molar-refractivity contribution is 0.0714. The molecule has 4 rings (SSSR count). The van der Waals surface area contributed by atoms with E-state index in [2.05, 4.69) is 15.3 Å². The molecule has 1 amide bonds. The van der Waals surface area contributed by atoms with Gasteiger partial charge in [-0.2, -0.15) is 0 Å². The first-order valence-electron chi connectivity index (χ1n) is 9.87. The number of carbonyl (C=O) groups is 1. The molecule has 8 nitrogen and oxygen atoms in total. The number of nitrogens with one attached hydrogen (secondary N) is 1. The van der Waals surface area contributed by atoms with Gasteiger partial charge in [-0.05, 0) is 44.0 Å². The maximum absolute atomic E-state index is 12.6. The topological polar surface area (TPSA) is 98.0 Å². The number of ether oxygens (including phenoxy) is 2. The first-order chi connectivity index (χ1) is 14.1. The molecule has 8 heteroatoms. The van der Waals surface area contributed by atoms with Crippen molar-refractivity contribution in [1.29, 1.82) is 0 Å². The summed E-state index contributed by atoms with van der Waals surface area (Å²) in [5.41, 5.74) is 0.922. The number of aromatic nitrogens is 3. The van der Waals surface area contributed by atoms with Crippen LogP contribution < -0.4 is 14.8 Å². The summed E-state index contributed by atoms with van der Waals surface area (Å²) in [7, 11) is 0. The van der Waals surface area contributed by atoms with Gasteiger partial charge in [-0.25, -0.2) is 9.97 Å². The summed E-state index contributed by atoms with van der Waals surface area (Å²) in [6.45, 7) is 2.41. The Morgan fingerprint density at radius 1 is 1.28 bits per heavy atom. The highest BCUT2D eigenvalue weighted by Gasteiger charge is 2.25. The summed E-state index contributed by atoms with van der Waals surface area (Å²) < 4.78 is 13.1. The van der Waals surface area contributed by atoms with E-state index in [9.17, 15) is 9.90 Å². The highest BCUT2D eigenvalue weighted by molar-refractivity contribution is 5.93. The van der Waals surface area contributed by atoms with Crippen molar-refractivity contribution in [2.24, 2.45) is 0 Å². The van der Waals surface area contributed by atoms with Crippen molar-refractivity contribution in [1.82, 2.24) is 19.7 Å². The van der Waals surface area contributed by atoms with Crippen molar-refractivity contribution in [2.75, 3.05) is 6.61 Å². The molecule has 152 valence electrons. The SMILES string of the molecule is CCOc1cccnc1Oc1ccc2nc(C(=O)N[C@@H]3CCCC[C@@H]3O)cn2c1. The van der Waals surface area contributed by atoms with E-state index in [1.807, 2.05) is 6.92 Å². The van der Waals surface area contributed by atoms with E-state index < -0.39 is 6.10 Å². The predicted molar refractivity (Wildman–Crippen MR) is 106 cm³/mol. The van der Waals surface area contributed by atoms with Crippen molar-refractivity contribution in [3.63, 3.8) is 0 Å². The molecule has 0 radical (unpaired) electrons. The molecule has 3 heterocycles. The minimum atomic E-state index is -0.498. The monoisotopic (exact) mass is 396 g/mol. The summed E-state index contributed by atoms with van der Waals surface area (Å²) in [6.07, 6.45) is 8.02. The number of pyridine rings is 2. The Bertz CT molecular complexity index is 1000. The number of nitrogens with zero attached hydrogens (tertiary/aromatic N) is 3. The molecule has 3 aromatic rings. The Balaban J connectivity index is 1.51. The lowest BCUT2D eigenvalue weighted by Gasteiger charge is -2.27. The van der Waals surface area contributed by atoms with E-state index in [0.29, 0.717) is 41.7 Å². The molecule has 2 atom stereocenters. The van der Waals surface area contributed by atoms with Crippen LogP contribution in [0.5, 0.6) is 17.4 Å². The van der Waals surface area contributed by atoms with Crippen LogP contribution in [0.2, 0.25) is 0 Å². The third-order valence-corrected chi connectivity index (χ3v) is 4.95. The molecule has 0 aliphatic heterocycles. The number of amides is 1. The molecule has 0 bridgehead atoms. The van der Waals surface area contributed by atoms with Crippen LogP contribution in [0.15, 0.2) is 42.9 Å². The van der Waals surface area contributed by atoms with E-state index in [-0.39, 0.29) is 11.9 Å². The molecule has 0 saturated heterocycles. The second kappa shape index (κ2) is 8.48. The normalized spacial score (nSPS) is 19.1. The van der Waals surface area contributed by atoms with Gasteiger partial charge in [0.1, 0.15) is 17.1 Å². The number of imidazole rings is 1. The number of fused-ring (bicyclic) bond motifs is 1. The number of carbonyl (C=O) groups excluding carboxylic acids is 1. The maximum atomic E-state index is 12.6. The first-order valence-corrected chi connectivity index (χ1v) is 9.87. The summed E-state index contributed by atoms with van der Waals surface area (Å²) in [5.74, 6) is 1.19. The Morgan fingerprint density at radius 3 is 2.97 bits per heavy atom. The molecule has 1 saturated carbocycles. The van der Waals surface area contributed by atoms with Crippen LogP contribution >= 0.6 is 0 Å². The van der Waals surface area contributed by atoms with Crippen LogP contribution in [-0.2, 0) is 0 Å². The van der Waals surface area contributed by atoms with Crippen LogP contribution in [0.3, 0.4) is 0 Å². The average molecular weight is 396 g/mol. The molecule has 1 aliphatic carbocycles. The third kappa shape index (κ3) is 4.32. The Hall–Kier alpha value is -3.13. The Morgan fingerprint density at radius 2 is 2.14 bits per heavy atom. The summed E-state index contributed by atoms with van der Waals surface area (Å²) in [4.78, 5) is 21.2. The molecule has 1 fully saturated rings. The highest BCUT2D eigenvalue weighted by atomic mass is 16.5. The fourth-order valence-electron chi connectivity index (χ4n) is 3.49. The number of aliphatic hydroxyl groups excluding tert-OH is 1. The van der Waals surface area contributed by atoms with E-state index in [1.165, 1.54) is 0 Å². The third-order valence-electron chi connectivity index (χ3n) is 4.95.